The van der Waals surface area contributed by atoms with Crippen molar-refractivity contribution in [3.05, 3.63) is 34.4 Å². The van der Waals surface area contributed by atoms with Crippen LogP contribution in [0.25, 0.3) is 0 Å². The van der Waals surface area contributed by atoms with Gasteiger partial charge >= 0.3 is 0 Å². The molecular formula is C13H20N2O. The maximum absolute atomic E-state index is 10.9. The summed E-state index contributed by atoms with van der Waals surface area (Å²) in [6.45, 7) is 8.73. The molecule has 88 valence electrons. The van der Waals surface area contributed by atoms with Gasteiger partial charge in [-0.2, -0.15) is 0 Å². The molecule has 0 spiro atoms. The Balaban J connectivity index is 2.74. The van der Waals surface area contributed by atoms with Crippen molar-refractivity contribution in [1.29, 1.82) is 0 Å². The van der Waals surface area contributed by atoms with Crippen LogP contribution in [-0.4, -0.2) is 11.9 Å². The second-order valence-corrected chi connectivity index (χ2v) is 4.37. The Kier molecular flexibility index (Phi) is 4.07. The third-order valence-electron chi connectivity index (χ3n) is 2.98. The average Bonchev–Trinajstić information content (AvgIpc) is 2.20. The molecule has 1 amide bonds. The van der Waals surface area contributed by atoms with Gasteiger partial charge in [-0.1, -0.05) is 12.1 Å². The van der Waals surface area contributed by atoms with E-state index in [9.17, 15) is 4.79 Å². The SMILES string of the molecule is Cc1cc(C)c(CN[C@@H](C)C(N)=O)cc1C. The predicted octanol–water partition coefficient (Wildman–Crippen LogP) is 1.58. The van der Waals surface area contributed by atoms with E-state index in [1.807, 2.05) is 0 Å². The van der Waals surface area contributed by atoms with Gasteiger partial charge in [-0.3, -0.25) is 4.79 Å². The van der Waals surface area contributed by atoms with Crippen LogP contribution >= 0.6 is 0 Å². The normalized spacial score (nSPS) is 12.5. The van der Waals surface area contributed by atoms with Crippen LogP contribution in [0.1, 0.15) is 29.2 Å². The Bertz CT molecular complexity index is 399. The number of nitrogens with two attached hydrogens (primary N) is 1. The first-order chi connectivity index (χ1) is 7.41. The van der Waals surface area contributed by atoms with Gasteiger partial charge in [-0.25, -0.2) is 0 Å². The Morgan fingerprint density at radius 3 is 2.38 bits per heavy atom. The molecule has 1 atom stereocenters. The van der Waals surface area contributed by atoms with Crippen molar-refractivity contribution in [3.63, 3.8) is 0 Å². The minimum atomic E-state index is -0.318. The number of hydrogen-bond donors (Lipinski definition) is 2. The Morgan fingerprint density at radius 1 is 1.25 bits per heavy atom. The number of rotatable bonds is 4. The number of aryl methyl sites for hydroxylation is 3. The predicted molar refractivity (Wildman–Crippen MR) is 66.1 cm³/mol. The average molecular weight is 220 g/mol. The fourth-order valence-corrected chi connectivity index (χ4v) is 1.57. The molecule has 1 rings (SSSR count). The van der Waals surface area contributed by atoms with Crippen LogP contribution in [-0.2, 0) is 11.3 Å². The molecule has 1 aromatic carbocycles. The molecular weight excluding hydrogens is 200 g/mol. The maximum Gasteiger partial charge on any atom is 0.234 e. The summed E-state index contributed by atoms with van der Waals surface area (Å²) in [4.78, 5) is 10.9. The van der Waals surface area contributed by atoms with E-state index < -0.39 is 0 Å². The highest BCUT2D eigenvalue weighted by Gasteiger charge is 2.08. The van der Waals surface area contributed by atoms with Crippen molar-refractivity contribution in [3.8, 4) is 0 Å². The molecule has 1 aromatic rings. The highest BCUT2D eigenvalue weighted by Crippen LogP contribution is 2.15. The first-order valence-corrected chi connectivity index (χ1v) is 5.51. The third kappa shape index (κ3) is 3.07. The van der Waals surface area contributed by atoms with Crippen LogP contribution in [0.5, 0.6) is 0 Å². The number of benzene rings is 1. The molecule has 0 radical (unpaired) electrons. The quantitative estimate of drug-likeness (QED) is 0.809. The fourth-order valence-electron chi connectivity index (χ4n) is 1.57. The van der Waals surface area contributed by atoms with E-state index in [4.69, 9.17) is 5.73 Å². The van der Waals surface area contributed by atoms with E-state index in [0.29, 0.717) is 6.54 Å². The molecule has 3 N–H and O–H groups in total. The summed E-state index contributed by atoms with van der Waals surface area (Å²) >= 11 is 0. The molecule has 0 saturated carbocycles. The summed E-state index contributed by atoms with van der Waals surface area (Å²) in [5.74, 6) is -0.318. The lowest BCUT2D eigenvalue weighted by Gasteiger charge is -2.13. The van der Waals surface area contributed by atoms with E-state index in [-0.39, 0.29) is 11.9 Å². The fraction of sp³-hybridized carbons (Fsp3) is 0.462. The molecule has 0 saturated heterocycles. The summed E-state index contributed by atoms with van der Waals surface area (Å²) < 4.78 is 0. The lowest BCUT2D eigenvalue weighted by atomic mass is 10.0. The largest absolute Gasteiger partial charge is 0.368 e. The highest BCUT2D eigenvalue weighted by molar-refractivity contribution is 5.79. The zero-order valence-electron chi connectivity index (χ0n) is 10.4. The van der Waals surface area contributed by atoms with E-state index >= 15 is 0 Å². The molecule has 3 nitrogen and oxygen atoms in total. The molecule has 0 unspecified atom stereocenters. The number of nitrogens with one attached hydrogen (secondary N) is 1. The van der Waals surface area contributed by atoms with Crippen LogP contribution in [0.15, 0.2) is 12.1 Å². The Labute approximate surface area is 97.0 Å². The van der Waals surface area contributed by atoms with Crippen molar-refractivity contribution >= 4 is 5.91 Å². The number of primary amides is 1. The van der Waals surface area contributed by atoms with Crippen molar-refractivity contribution in [2.75, 3.05) is 0 Å². The number of hydrogen-bond acceptors (Lipinski definition) is 2. The molecule has 0 heterocycles. The number of amides is 1. The van der Waals surface area contributed by atoms with Gasteiger partial charge in [-0.05, 0) is 49.9 Å². The molecule has 3 heteroatoms. The second-order valence-electron chi connectivity index (χ2n) is 4.37. The van der Waals surface area contributed by atoms with Gasteiger partial charge in [-0.15, -0.1) is 0 Å². The second kappa shape index (κ2) is 5.12. The monoisotopic (exact) mass is 220 g/mol. The van der Waals surface area contributed by atoms with Crippen LogP contribution < -0.4 is 11.1 Å². The topological polar surface area (TPSA) is 55.1 Å². The maximum atomic E-state index is 10.9. The van der Waals surface area contributed by atoms with Gasteiger partial charge in [0.2, 0.25) is 5.91 Å². The standard InChI is InChI=1S/C13H20N2O/c1-8-5-10(3)12(6-9(8)2)7-15-11(4)13(14)16/h5-6,11,15H,7H2,1-4H3,(H2,14,16)/t11-/m0/s1. The van der Waals surface area contributed by atoms with Crippen molar-refractivity contribution in [2.45, 2.75) is 40.3 Å². The van der Waals surface area contributed by atoms with Crippen LogP contribution in [0.4, 0.5) is 0 Å². The first-order valence-electron chi connectivity index (χ1n) is 5.51. The van der Waals surface area contributed by atoms with Crippen LogP contribution in [0.3, 0.4) is 0 Å². The van der Waals surface area contributed by atoms with Gasteiger partial charge in [0.05, 0.1) is 6.04 Å². The highest BCUT2D eigenvalue weighted by atomic mass is 16.1. The lowest BCUT2D eigenvalue weighted by molar-refractivity contribution is -0.119. The Morgan fingerprint density at radius 2 is 1.81 bits per heavy atom. The first kappa shape index (κ1) is 12.7. The minimum Gasteiger partial charge on any atom is -0.368 e. The lowest BCUT2D eigenvalue weighted by Crippen LogP contribution is -2.38. The summed E-state index contributed by atoms with van der Waals surface area (Å²) in [5, 5.41) is 3.11. The molecule has 0 aliphatic carbocycles. The summed E-state index contributed by atoms with van der Waals surface area (Å²) in [6, 6.07) is 4.04. The van der Waals surface area contributed by atoms with E-state index in [2.05, 4.69) is 38.2 Å². The van der Waals surface area contributed by atoms with Crippen molar-refractivity contribution in [1.82, 2.24) is 5.32 Å². The Hall–Kier alpha value is -1.35. The van der Waals surface area contributed by atoms with Gasteiger partial charge < -0.3 is 11.1 Å². The molecule has 0 aromatic heterocycles. The summed E-state index contributed by atoms with van der Waals surface area (Å²) in [7, 11) is 0. The summed E-state index contributed by atoms with van der Waals surface area (Å²) in [5.41, 5.74) is 10.2. The van der Waals surface area contributed by atoms with E-state index in [1.54, 1.807) is 6.92 Å². The van der Waals surface area contributed by atoms with E-state index in [1.165, 1.54) is 22.3 Å². The molecule has 0 aliphatic heterocycles. The van der Waals surface area contributed by atoms with Gasteiger partial charge in [0.15, 0.2) is 0 Å². The number of carbonyl (C=O) groups excluding carboxylic acids is 1. The molecule has 0 aliphatic rings. The number of carbonyl (C=O) groups is 1. The molecule has 16 heavy (non-hydrogen) atoms. The van der Waals surface area contributed by atoms with Gasteiger partial charge in [0.25, 0.3) is 0 Å². The van der Waals surface area contributed by atoms with Crippen molar-refractivity contribution in [2.24, 2.45) is 5.73 Å². The molecule has 0 bridgehead atoms. The zero-order valence-corrected chi connectivity index (χ0v) is 10.4. The van der Waals surface area contributed by atoms with Gasteiger partial charge in [0.1, 0.15) is 0 Å². The smallest absolute Gasteiger partial charge is 0.234 e. The zero-order chi connectivity index (χ0) is 12.3. The van der Waals surface area contributed by atoms with Gasteiger partial charge in [0, 0.05) is 6.54 Å². The summed E-state index contributed by atoms with van der Waals surface area (Å²) in [6.07, 6.45) is 0. The van der Waals surface area contributed by atoms with E-state index in [0.717, 1.165) is 0 Å². The van der Waals surface area contributed by atoms with Crippen LogP contribution in [0.2, 0.25) is 0 Å². The third-order valence-corrected chi connectivity index (χ3v) is 2.98. The minimum absolute atomic E-state index is 0.291. The molecule has 0 fully saturated rings. The van der Waals surface area contributed by atoms with Crippen LogP contribution in [0, 0.1) is 20.8 Å². The van der Waals surface area contributed by atoms with Crippen molar-refractivity contribution < 1.29 is 4.79 Å².